The van der Waals surface area contributed by atoms with Crippen LogP contribution >= 0.6 is 11.8 Å². The Kier molecular flexibility index (Phi) is 3.20. The molecule has 0 radical (unpaired) electrons. The van der Waals surface area contributed by atoms with Crippen LogP contribution in [0, 0.1) is 0 Å². The lowest BCUT2D eigenvalue weighted by atomic mass is 9.93. The maximum Gasteiger partial charge on any atom is 0.118 e. The maximum atomic E-state index is 4.21. The molecule has 1 N–H and O–H groups in total. The Morgan fingerprint density at radius 2 is 2.31 bits per heavy atom. The third kappa shape index (κ3) is 2.92. The standard InChI is InChI=1S/C10H16N2S/c1-5-6-13-9-7-8(11-12-9)10(2,3)4/h5,7H,1,6H2,2-4H3,(H,11,12). The van der Waals surface area contributed by atoms with Crippen molar-refractivity contribution in [2.45, 2.75) is 31.2 Å². The molecule has 1 aromatic heterocycles. The third-order valence-electron chi connectivity index (χ3n) is 1.71. The summed E-state index contributed by atoms with van der Waals surface area (Å²) < 4.78 is 0. The van der Waals surface area contributed by atoms with E-state index in [-0.39, 0.29) is 5.41 Å². The van der Waals surface area contributed by atoms with Crippen LogP contribution in [-0.2, 0) is 5.41 Å². The Morgan fingerprint density at radius 1 is 1.62 bits per heavy atom. The zero-order valence-electron chi connectivity index (χ0n) is 8.42. The highest BCUT2D eigenvalue weighted by Crippen LogP contribution is 2.24. The lowest BCUT2D eigenvalue weighted by molar-refractivity contribution is 0.567. The number of aromatic amines is 1. The first-order valence-corrected chi connectivity index (χ1v) is 5.32. The minimum atomic E-state index is 0.153. The van der Waals surface area contributed by atoms with Gasteiger partial charge in [0.25, 0.3) is 0 Å². The van der Waals surface area contributed by atoms with Crippen LogP contribution in [0.1, 0.15) is 26.5 Å². The van der Waals surface area contributed by atoms with Gasteiger partial charge in [-0.3, -0.25) is 5.10 Å². The van der Waals surface area contributed by atoms with Crippen LogP contribution < -0.4 is 0 Å². The smallest absolute Gasteiger partial charge is 0.118 e. The van der Waals surface area contributed by atoms with Crippen molar-refractivity contribution in [2.24, 2.45) is 0 Å². The monoisotopic (exact) mass is 196 g/mol. The zero-order chi connectivity index (χ0) is 9.90. The summed E-state index contributed by atoms with van der Waals surface area (Å²) in [6.45, 7) is 10.2. The van der Waals surface area contributed by atoms with E-state index in [2.05, 4.69) is 43.6 Å². The van der Waals surface area contributed by atoms with E-state index in [4.69, 9.17) is 0 Å². The van der Waals surface area contributed by atoms with Gasteiger partial charge in [0.05, 0.1) is 0 Å². The summed E-state index contributed by atoms with van der Waals surface area (Å²) in [5.41, 5.74) is 1.33. The molecule has 0 fully saturated rings. The molecule has 0 saturated heterocycles. The fourth-order valence-electron chi connectivity index (χ4n) is 0.906. The Morgan fingerprint density at radius 3 is 2.77 bits per heavy atom. The van der Waals surface area contributed by atoms with Crippen molar-refractivity contribution in [1.82, 2.24) is 10.2 Å². The van der Waals surface area contributed by atoms with E-state index in [1.165, 1.54) is 5.69 Å². The number of nitrogens with one attached hydrogen (secondary N) is 1. The summed E-state index contributed by atoms with van der Waals surface area (Å²) in [6.07, 6.45) is 1.89. The van der Waals surface area contributed by atoms with E-state index in [0.29, 0.717) is 0 Å². The summed E-state index contributed by atoms with van der Waals surface area (Å²) in [4.78, 5) is 0. The highest BCUT2D eigenvalue weighted by atomic mass is 32.2. The largest absolute Gasteiger partial charge is 0.281 e. The van der Waals surface area contributed by atoms with Crippen molar-refractivity contribution in [3.63, 3.8) is 0 Å². The number of aromatic nitrogens is 2. The topological polar surface area (TPSA) is 28.7 Å². The van der Waals surface area contributed by atoms with Crippen molar-refractivity contribution in [2.75, 3.05) is 5.75 Å². The maximum absolute atomic E-state index is 4.21. The van der Waals surface area contributed by atoms with Gasteiger partial charge in [0.1, 0.15) is 5.03 Å². The molecule has 72 valence electrons. The summed E-state index contributed by atoms with van der Waals surface area (Å²) in [7, 11) is 0. The van der Waals surface area contributed by atoms with Gasteiger partial charge in [-0.1, -0.05) is 26.8 Å². The number of hydrogen-bond donors (Lipinski definition) is 1. The molecule has 0 spiro atoms. The van der Waals surface area contributed by atoms with Crippen LogP contribution in [0.3, 0.4) is 0 Å². The van der Waals surface area contributed by atoms with Gasteiger partial charge in [-0.2, -0.15) is 5.10 Å². The molecule has 0 amide bonds. The molecule has 3 heteroatoms. The van der Waals surface area contributed by atoms with Crippen molar-refractivity contribution in [3.8, 4) is 0 Å². The molecule has 0 atom stereocenters. The lowest BCUT2D eigenvalue weighted by Gasteiger charge is -2.14. The molecule has 0 aliphatic carbocycles. The minimum absolute atomic E-state index is 0.153. The van der Waals surface area contributed by atoms with Crippen LogP contribution in [0.5, 0.6) is 0 Å². The van der Waals surface area contributed by atoms with Crippen LogP contribution in [0.2, 0.25) is 0 Å². The van der Waals surface area contributed by atoms with Crippen LogP contribution in [0.15, 0.2) is 23.7 Å². The van der Waals surface area contributed by atoms with Gasteiger partial charge in [-0.25, -0.2) is 0 Å². The van der Waals surface area contributed by atoms with Gasteiger partial charge in [0, 0.05) is 16.9 Å². The molecule has 13 heavy (non-hydrogen) atoms. The van der Waals surface area contributed by atoms with Crippen LogP contribution in [-0.4, -0.2) is 16.0 Å². The van der Waals surface area contributed by atoms with Gasteiger partial charge in [0.15, 0.2) is 0 Å². The number of thioether (sulfide) groups is 1. The van der Waals surface area contributed by atoms with Crippen molar-refractivity contribution in [1.29, 1.82) is 0 Å². The molecule has 0 bridgehead atoms. The molecular formula is C10H16N2S. The van der Waals surface area contributed by atoms with Gasteiger partial charge in [0.2, 0.25) is 0 Å². The Hall–Kier alpha value is -0.700. The van der Waals surface area contributed by atoms with Gasteiger partial charge in [-0.05, 0) is 6.07 Å². The zero-order valence-corrected chi connectivity index (χ0v) is 9.24. The lowest BCUT2D eigenvalue weighted by Crippen LogP contribution is -2.11. The molecule has 0 aliphatic heterocycles. The predicted octanol–water partition coefficient (Wildman–Crippen LogP) is 2.99. The fourth-order valence-corrected chi connectivity index (χ4v) is 1.51. The highest BCUT2D eigenvalue weighted by molar-refractivity contribution is 7.99. The van der Waals surface area contributed by atoms with Crippen molar-refractivity contribution >= 4 is 11.8 Å². The second kappa shape index (κ2) is 4.01. The first-order valence-electron chi connectivity index (χ1n) is 4.33. The predicted molar refractivity (Wildman–Crippen MR) is 58.2 cm³/mol. The van der Waals surface area contributed by atoms with Crippen LogP contribution in [0.25, 0.3) is 0 Å². The van der Waals surface area contributed by atoms with E-state index >= 15 is 0 Å². The quantitative estimate of drug-likeness (QED) is 0.594. The fraction of sp³-hybridized carbons (Fsp3) is 0.500. The van der Waals surface area contributed by atoms with Crippen molar-refractivity contribution < 1.29 is 0 Å². The van der Waals surface area contributed by atoms with E-state index in [1.807, 2.05) is 6.08 Å². The van der Waals surface area contributed by atoms with Gasteiger partial charge in [-0.15, -0.1) is 18.3 Å². The number of H-pyrrole nitrogens is 1. The average Bonchev–Trinajstić information content (AvgIpc) is 2.47. The molecule has 1 heterocycles. The molecule has 1 rings (SSSR count). The third-order valence-corrected chi connectivity index (χ3v) is 2.62. The van der Waals surface area contributed by atoms with E-state index in [0.717, 1.165) is 10.8 Å². The molecule has 0 saturated carbocycles. The normalized spacial score (nSPS) is 11.6. The first kappa shape index (κ1) is 10.4. The Balaban J connectivity index is 2.69. The molecular weight excluding hydrogens is 180 g/mol. The summed E-state index contributed by atoms with van der Waals surface area (Å²) in [6, 6.07) is 2.11. The Labute approximate surface area is 83.8 Å². The SMILES string of the molecule is C=CCSc1cc(C(C)(C)C)[nH]n1. The van der Waals surface area contributed by atoms with E-state index in [1.54, 1.807) is 11.8 Å². The molecule has 2 nitrogen and oxygen atoms in total. The molecule has 0 aliphatic rings. The van der Waals surface area contributed by atoms with E-state index < -0.39 is 0 Å². The molecule has 0 aromatic carbocycles. The number of rotatable bonds is 3. The number of hydrogen-bond acceptors (Lipinski definition) is 2. The van der Waals surface area contributed by atoms with Crippen molar-refractivity contribution in [3.05, 3.63) is 24.4 Å². The van der Waals surface area contributed by atoms with E-state index in [9.17, 15) is 0 Å². The minimum Gasteiger partial charge on any atom is -0.281 e. The number of nitrogens with zero attached hydrogens (tertiary/aromatic N) is 1. The Bertz CT molecular complexity index is 283. The first-order chi connectivity index (χ1) is 6.04. The second-order valence-corrected chi connectivity index (χ2v) is 5.01. The summed E-state index contributed by atoms with van der Waals surface area (Å²) >= 11 is 1.70. The van der Waals surface area contributed by atoms with Gasteiger partial charge >= 0.3 is 0 Å². The average molecular weight is 196 g/mol. The molecule has 0 unspecified atom stereocenters. The summed E-state index contributed by atoms with van der Waals surface area (Å²) in [5.74, 6) is 0.911. The summed E-state index contributed by atoms with van der Waals surface area (Å²) in [5, 5.41) is 8.31. The second-order valence-electron chi connectivity index (χ2n) is 3.97. The van der Waals surface area contributed by atoms with Gasteiger partial charge < -0.3 is 0 Å². The van der Waals surface area contributed by atoms with Crippen LogP contribution in [0.4, 0.5) is 0 Å². The highest BCUT2D eigenvalue weighted by Gasteiger charge is 2.16. The molecule has 1 aromatic rings.